The molecule has 3 nitrogen and oxygen atoms in total. The van der Waals surface area contributed by atoms with Crippen LogP contribution in [0.2, 0.25) is 5.15 Å². The number of hydrogen-bond donors (Lipinski definition) is 1. The lowest BCUT2D eigenvalue weighted by atomic mass is 10.6. The van der Waals surface area contributed by atoms with Crippen LogP contribution in [0, 0.1) is 6.08 Å². The number of anilines is 1. The Hall–Kier alpha value is -0.900. The number of hydrogen-bond acceptors (Lipinski definition) is 3. The molecule has 0 bridgehead atoms. The molecule has 1 aromatic rings. The van der Waals surface area contributed by atoms with Crippen LogP contribution in [0.3, 0.4) is 0 Å². The van der Waals surface area contributed by atoms with E-state index in [1.54, 1.807) is 0 Å². The van der Waals surface area contributed by atoms with E-state index in [0.29, 0.717) is 0 Å². The molecule has 5 heteroatoms. The van der Waals surface area contributed by atoms with Gasteiger partial charge >= 0.3 is 6.08 Å². The first kappa shape index (κ1) is 6.22. The highest BCUT2D eigenvalue weighted by molar-refractivity contribution is 6.29. The number of nitrogens with zero attached hydrogens (tertiary/aromatic N) is 2. The van der Waals surface area contributed by atoms with Crippen LogP contribution in [0.15, 0.2) is 6.07 Å². The van der Waals surface area contributed by atoms with Crippen molar-refractivity contribution in [3.05, 3.63) is 17.3 Å². The third kappa shape index (κ3) is 1.50. The predicted octanol–water partition coefficient (Wildman–Crippen LogP) is 0.851. The molecule has 0 saturated carbocycles. The van der Waals surface area contributed by atoms with Crippen LogP contribution in [0.5, 0.6) is 0 Å². The zero-order valence-corrected chi connectivity index (χ0v) is 5.06. The van der Waals surface area contributed by atoms with Gasteiger partial charge < -0.3 is 5.73 Å². The first-order chi connectivity index (χ1) is 4.18. The van der Waals surface area contributed by atoms with E-state index in [-0.39, 0.29) is 11.0 Å². The van der Waals surface area contributed by atoms with Gasteiger partial charge in [0.05, 0.1) is 0 Å². The molecule has 0 saturated heterocycles. The minimum absolute atomic E-state index is 0.0139. The summed E-state index contributed by atoms with van der Waals surface area (Å²) in [4.78, 5) is 6.29. The Labute approximate surface area is 55.7 Å². The van der Waals surface area contributed by atoms with E-state index in [4.69, 9.17) is 17.3 Å². The maximum Gasteiger partial charge on any atom is 0.311 e. The fourth-order valence-corrected chi connectivity index (χ4v) is 0.588. The van der Waals surface area contributed by atoms with Gasteiger partial charge in [-0.05, 0) is 0 Å². The molecule has 0 fully saturated rings. The van der Waals surface area contributed by atoms with Crippen LogP contribution in [0.4, 0.5) is 10.2 Å². The SMILES string of the molecule is Nc1cc(Cl)nc(F)n1. The molecule has 9 heavy (non-hydrogen) atoms. The van der Waals surface area contributed by atoms with Gasteiger partial charge in [-0.3, -0.25) is 0 Å². The second kappa shape index (κ2) is 2.14. The van der Waals surface area contributed by atoms with Gasteiger partial charge in [0.25, 0.3) is 0 Å². The van der Waals surface area contributed by atoms with Crippen molar-refractivity contribution in [2.24, 2.45) is 0 Å². The van der Waals surface area contributed by atoms with Gasteiger partial charge in [0, 0.05) is 6.07 Å². The Balaban J connectivity index is 3.17. The normalized spacial score (nSPS) is 9.56. The Morgan fingerprint density at radius 1 is 1.56 bits per heavy atom. The average molecular weight is 148 g/mol. The summed E-state index contributed by atoms with van der Waals surface area (Å²) >= 11 is 5.28. The summed E-state index contributed by atoms with van der Waals surface area (Å²) in [6, 6.07) is 1.27. The first-order valence-electron chi connectivity index (χ1n) is 2.14. The molecule has 0 radical (unpaired) electrons. The second-order valence-corrected chi connectivity index (χ2v) is 1.77. The monoisotopic (exact) mass is 147 g/mol. The highest BCUT2D eigenvalue weighted by Crippen LogP contribution is 2.06. The standard InChI is InChI=1S/C4H3ClFN3/c5-2-1-3(7)9-4(6)8-2/h1H,(H2,7,8,9). The molecule has 0 aromatic carbocycles. The van der Waals surface area contributed by atoms with Crippen LogP contribution < -0.4 is 5.73 Å². The zero-order valence-electron chi connectivity index (χ0n) is 4.31. The Bertz CT molecular complexity index is 177. The van der Waals surface area contributed by atoms with Gasteiger partial charge in [0.2, 0.25) is 0 Å². The van der Waals surface area contributed by atoms with Gasteiger partial charge in [-0.2, -0.15) is 14.4 Å². The number of halogens is 2. The molecule has 0 aliphatic rings. The topological polar surface area (TPSA) is 51.8 Å². The van der Waals surface area contributed by atoms with Gasteiger partial charge in [0.15, 0.2) is 0 Å². The van der Waals surface area contributed by atoms with Crippen molar-refractivity contribution in [2.75, 3.05) is 5.73 Å². The third-order valence-corrected chi connectivity index (χ3v) is 0.881. The molecular formula is C4H3ClFN3. The van der Waals surface area contributed by atoms with Gasteiger partial charge in [-0.25, -0.2) is 0 Å². The van der Waals surface area contributed by atoms with Crippen molar-refractivity contribution in [2.45, 2.75) is 0 Å². The summed E-state index contributed by atoms with van der Waals surface area (Å²) in [6.07, 6.45) is -0.903. The molecule has 0 unspecified atom stereocenters. The summed E-state index contributed by atoms with van der Waals surface area (Å²) in [5.41, 5.74) is 5.08. The van der Waals surface area contributed by atoms with E-state index in [1.165, 1.54) is 6.07 Å². The largest absolute Gasteiger partial charge is 0.383 e. The first-order valence-corrected chi connectivity index (χ1v) is 2.52. The van der Waals surface area contributed by atoms with Crippen molar-refractivity contribution < 1.29 is 4.39 Å². The summed E-state index contributed by atoms with van der Waals surface area (Å²) < 4.78 is 12.0. The van der Waals surface area contributed by atoms with Crippen molar-refractivity contribution in [3.63, 3.8) is 0 Å². The molecule has 1 aromatic heterocycles. The Morgan fingerprint density at radius 2 is 2.22 bits per heavy atom. The molecule has 0 atom stereocenters. The van der Waals surface area contributed by atoms with Gasteiger partial charge in [-0.15, -0.1) is 0 Å². The van der Waals surface area contributed by atoms with E-state index in [2.05, 4.69) is 9.97 Å². The number of nitrogens with two attached hydrogens (primary N) is 1. The quantitative estimate of drug-likeness (QED) is 0.437. The van der Waals surface area contributed by atoms with E-state index in [9.17, 15) is 4.39 Å². The third-order valence-electron chi connectivity index (χ3n) is 0.687. The van der Waals surface area contributed by atoms with Gasteiger partial charge in [-0.1, -0.05) is 11.6 Å². The number of rotatable bonds is 0. The Morgan fingerprint density at radius 3 is 2.67 bits per heavy atom. The Kier molecular flexibility index (Phi) is 1.48. The van der Waals surface area contributed by atoms with Crippen LogP contribution in [0.25, 0.3) is 0 Å². The summed E-state index contributed by atoms with van der Waals surface area (Å²) in [6.45, 7) is 0. The molecule has 48 valence electrons. The zero-order chi connectivity index (χ0) is 6.85. The van der Waals surface area contributed by atoms with Crippen LogP contribution >= 0.6 is 11.6 Å². The smallest absolute Gasteiger partial charge is 0.311 e. The predicted molar refractivity (Wildman–Crippen MR) is 31.4 cm³/mol. The highest BCUT2D eigenvalue weighted by Gasteiger charge is 1.96. The molecule has 1 rings (SSSR count). The lowest BCUT2D eigenvalue weighted by Crippen LogP contribution is -1.95. The molecule has 0 spiro atoms. The van der Waals surface area contributed by atoms with E-state index in [1.807, 2.05) is 0 Å². The minimum atomic E-state index is -0.903. The maximum absolute atomic E-state index is 12.0. The summed E-state index contributed by atoms with van der Waals surface area (Å²) in [7, 11) is 0. The lowest BCUT2D eigenvalue weighted by molar-refractivity contribution is 0.541. The molecule has 0 aliphatic carbocycles. The maximum atomic E-state index is 12.0. The van der Waals surface area contributed by atoms with Crippen molar-refractivity contribution in [1.82, 2.24) is 9.97 Å². The van der Waals surface area contributed by atoms with Crippen molar-refractivity contribution in [3.8, 4) is 0 Å². The molecular weight excluding hydrogens is 145 g/mol. The lowest BCUT2D eigenvalue weighted by Gasteiger charge is -1.90. The molecule has 1 heterocycles. The van der Waals surface area contributed by atoms with E-state index in [0.717, 1.165) is 0 Å². The fraction of sp³-hybridized carbons (Fsp3) is 0. The molecule has 0 amide bonds. The van der Waals surface area contributed by atoms with Crippen LogP contribution in [-0.4, -0.2) is 9.97 Å². The number of nitrogen functional groups attached to an aromatic ring is 1. The molecule has 0 aliphatic heterocycles. The van der Waals surface area contributed by atoms with Crippen molar-refractivity contribution >= 4 is 17.4 Å². The van der Waals surface area contributed by atoms with Crippen molar-refractivity contribution in [1.29, 1.82) is 0 Å². The highest BCUT2D eigenvalue weighted by atomic mass is 35.5. The average Bonchev–Trinajstić information content (AvgIpc) is 1.59. The van der Waals surface area contributed by atoms with Gasteiger partial charge in [0.1, 0.15) is 11.0 Å². The van der Waals surface area contributed by atoms with Crippen LogP contribution in [0.1, 0.15) is 0 Å². The van der Waals surface area contributed by atoms with Crippen LogP contribution in [-0.2, 0) is 0 Å². The molecule has 2 N–H and O–H groups in total. The minimum Gasteiger partial charge on any atom is -0.383 e. The summed E-state index contributed by atoms with van der Waals surface area (Å²) in [5, 5.41) is 0.0139. The second-order valence-electron chi connectivity index (χ2n) is 1.38. The van der Waals surface area contributed by atoms with E-state index >= 15 is 0 Å². The number of aromatic nitrogens is 2. The fourth-order valence-electron chi connectivity index (χ4n) is 0.406. The summed E-state index contributed by atoms with van der Waals surface area (Å²) in [5.74, 6) is 0.0347. The van der Waals surface area contributed by atoms with E-state index < -0.39 is 6.08 Å².